The first-order valence-corrected chi connectivity index (χ1v) is 5.20. The van der Waals surface area contributed by atoms with E-state index in [-0.39, 0.29) is 18.4 Å². The van der Waals surface area contributed by atoms with Gasteiger partial charge in [0.2, 0.25) is 5.91 Å². The number of nitrogens with two attached hydrogens (primary N) is 1. The van der Waals surface area contributed by atoms with Crippen molar-refractivity contribution in [2.45, 2.75) is 38.8 Å². The lowest BCUT2D eigenvalue weighted by atomic mass is 9.99. The van der Waals surface area contributed by atoms with Gasteiger partial charge in [-0.05, 0) is 12.8 Å². The van der Waals surface area contributed by atoms with E-state index in [9.17, 15) is 9.90 Å². The summed E-state index contributed by atoms with van der Waals surface area (Å²) in [6.07, 6.45) is 0.824. The molecule has 90 valence electrons. The van der Waals surface area contributed by atoms with Crippen LogP contribution < -0.4 is 11.1 Å². The summed E-state index contributed by atoms with van der Waals surface area (Å²) in [5.41, 5.74) is 4.40. The van der Waals surface area contributed by atoms with Gasteiger partial charge in [0, 0.05) is 6.54 Å². The molecule has 0 saturated carbocycles. The van der Waals surface area contributed by atoms with Gasteiger partial charge < -0.3 is 21.3 Å². The Morgan fingerprint density at radius 3 is 2.53 bits per heavy atom. The van der Waals surface area contributed by atoms with E-state index in [2.05, 4.69) is 5.32 Å². The van der Waals surface area contributed by atoms with Crippen LogP contribution in [0, 0.1) is 5.92 Å². The van der Waals surface area contributed by atoms with Crippen LogP contribution in [0.3, 0.4) is 0 Å². The molecule has 5 heteroatoms. The van der Waals surface area contributed by atoms with Gasteiger partial charge in [-0.15, -0.1) is 0 Å². The molecule has 0 aliphatic rings. The Hall–Kier alpha value is -0.650. The fourth-order valence-electron chi connectivity index (χ4n) is 0.964. The number of nitrogens with one attached hydrogen (secondary N) is 1. The predicted octanol–water partition coefficient (Wildman–Crippen LogP) is -0.781. The van der Waals surface area contributed by atoms with Crippen LogP contribution in [0.15, 0.2) is 0 Å². The topological polar surface area (TPSA) is 95.6 Å². The highest BCUT2D eigenvalue weighted by Crippen LogP contribution is 2.06. The van der Waals surface area contributed by atoms with E-state index in [1.807, 2.05) is 13.8 Å². The van der Waals surface area contributed by atoms with Crippen molar-refractivity contribution in [1.82, 2.24) is 5.32 Å². The zero-order valence-corrected chi connectivity index (χ0v) is 9.66. The minimum atomic E-state index is -1.29. The molecule has 0 spiro atoms. The lowest BCUT2D eigenvalue weighted by molar-refractivity contribution is -0.124. The number of rotatable bonds is 6. The maximum atomic E-state index is 11.5. The summed E-state index contributed by atoms with van der Waals surface area (Å²) in [4.78, 5) is 11.5. The van der Waals surface area contributed by atoms with Crippen LogP contribution in [-0.4, -0.2) is 40.9 Å². The number of aliphatic hydroxyl groups is 2. The second-order valence-corrected chi connectivity index (χ2v) is 4.28. The van der Waals surface area contributed by atoms with Crippen LogP contribution in [-0.2, 0) is 4.79 Å². The normalized spacial score (nSPS) is 19.1. The predicted molar refractivity (Wildman–Crippen MR) is 58.1 cm³/mol. The van der Waals surface area contributed by atoms with E-state index in [1.165, 1.54) is 6.92 Å². The molecule has 1 amide bonds. The number of carbonyl (C=O) groups is 1. The Bertz CT molecular complexity index is 207. The van der Waals surface area contributed by atoms with Crippen molar-refractivity contribution in [3.63, 3.8) is 0 Å². The number of aliphatic hydroxyl groups excluding tert-OH is 1. The summed E-state index contributed by atoms with van der Waals surface area (Å²) < 4.78 is 0. The second kappa shape index (κ2) is 6.05. The molecule has 0 fully saturated rings. The Morgan fingerprint density at radius 2 is 2.13 bits per heavy atom. The van der Waals surface area contributed by atoms with E-state index in [1.54, 1.807) is 0 Å². The first kappa shape index (κ1) is 14.3. The third kappa shape index (κ3) is 5.11. The van der Waals surface area contributed by atoms with Crippen LogP contribution in [0.5, 0.6) is 0 Å². The minimum absolute atomic E-state index is 0.00642. The highest BCUT2D eigenvalue weighted by molar-refractivity contribution is 5.81. The molecular weight excluding hydrogens is 196 g/mol. The van der Waals surface area contributed by atoms with Crippen LogP contribution in [0.4, 0.5) is 0 Å². The van der Waals surface area contributed by atoms with E-state index in [0.717, 1.165) is 6.42 Å². The fraction of sp³-hybridized carbons (Fsp3) is 0.900. The quantitative estimate of drug-likeness (QED) is 0.470. The number of hydrogen-bond acceptors (Lipinski definition) is 4. The maximum Gasteiger partial charge on any atom is 0.237 e. The van der Waals surface area contributed by atoms with Gasteiger partial charge >= 0.3 is 0 Å². The van der Waals surface area contributed by atoms with Crippen molar-refractivity contribution in [3.05, 3.63) is 0 Å². The number of carbonyl (C=O) groups excluding carboxylic acids is 1. The Kier molecular flexibility index (Phi) is 5.79. The van der Waals surface area contributed by atoms with Crippen molar-refractivity contribution in [2.75, 3.05) is 13.2 Å². The van der Waals surface area contributed by atoms with Crippen molar-refractivity contribution in [2.24, 2.45) is 11.7 Å². The van der Waals surface area contributed by atoms with Gasteiger partial charge in [0.15, 0.2) is 0 Å². The summed E-state index contributed by atoms with van der Waals surface area (Å²) in [5, 5.41) is 20.7. The maximum absolute atomic E-state index is 11.5. The smallest absolute Gasteiger partial charge is 0.237 e. The van der Waals surface area contributed by atoms with Gasteiger partial charge in [-0.1, -0.05) is 20.3 Å². The van der Waals surface area contributed by atoms with E-state index in [0.29, 0.717) is 0 Å². The number of amides is 1. The fourth-order valence-corrected chi connectivity index (χ4v) is 0.964. The molecule has 0 radical (unpaired) electrons. The zero-order valence-electron chi connectivity index (χ0n) is 9.66. The van der Waals surface area contributed by atoms with Crippen molar-refractivity contribution >= 4 is 5.91 Å². The summed E-state index contributed by atoms with van der Waals surface area (Å²) in [6.45, 7) is 4.91. The summed E-state index contributed by atoms with van der Waals surface area (Å²) in [6, 6.07) is -0.565. The van der Waals surface area contributed by atoms with Crippen LogP contribution in [0.25, 0.3) is 0 Å². The molecule has 0 aliphatic heterocycles. The van der Waals surface area contributed by atoms with Gasteiger partial charge in [-0.2, -0.15) is 0 Å². The van der Waals surface area contributed by atoms with Gasteiger partial charge in [0.05, 0.1) is 12.6 Å². The van der Waals surface area contributed by atoms with Gasteiger partial charge in [-0.3, -0.25) is 4.79 Å². The standard InChI is InChI=1S/C10H22N2O3/c1-4-7(2)8(11)9(14)12-5-10(3,15)6-13/h7-8,13,15H,4-6,11H2,1-3H3,(H,12,14)/t7?,8-,10?/m0/s1. The third-order valence-corrected chi connectivity index (χ3v) is 2.54. The molecule has 0 heterocycles. The average molecular weight is 218 g/mol. The van der Waals surface area contributed by atoms with Crippen LogP contribution in [0.2, 0.25) is 0 Å². The molecule has 0 bridgehead atoms. The lowest BCUT2D eigenvalue weighted by Gasteiger charge is -2.23. The van der Waals surface area contributed by atoms with Crippen molar-refractivity contribution in [1.29, 1.82) is 0 Å². The van der Waals surface area contributed by atoms with E-state index >= 15 is 0 Å². The first-order valence-electron chi connectivity index (χ1n) is 5.20. The van der Waals surface area contributed by atoms with Gasteiger partial charge in [-0.25, -0.2) is 0 Å². The minimum Gasteiger partial charge on any atom is -0.393 e. The lowest BCUT2D eigenvalue weighted by Crippen LogP contribution is -2.50. The van der Waals surface area contributed by atoms with Crippen molar-refractivity contribution < 1.29 is 15.0 Å². The zero-order chi connectivity index (χ0) is 12.1. The van der Waals surface area contributed by atoms with Crippen LogP contribution >= 0.6 is 0 Å². The molecule has 3 atom stereocenters. The molecule has 15 heavy (non-hydrogen) atoms. The molecule has 5 nitrogen and oxygen atoms in total. The molecule has 0 aliphatic carbocycles. The molecule has 0 aromatic rings. The van der Waals surface area contributed by atoms with Gasteiger partial charge in [0.25, 0.3) is 0 Å². The third-order valence-electron chi connectivity index (χ3n) is 2.54. The highest BCUT2D eigenvalue weighted by Gasteiger charge is 2.23. The van der Waals surface area contributed by atoms with Crippen LogP contribution in [0.1, 0.15) is 27.2 Å². The summed E-state index contributed by atoms with van der Waals surface area (Å²) in [5.74, 6) is -0.192. The summed E-state index contributed by atoms with van der Waals surface area (Å²) in [7, 11) is 0. The molecular formula is C10H22N2O3. The number of hydrogen-bond donors (Lipinski definition) is 4. The second-order valence-electron chi connectivity index (χ2n) is 4.28. The van der Waals surface area contributed by atoms with E-state index in [4.69, 9.17) is 10.8 Å². The average Bonchev–Trinajstić information content (AvgIpc) is 2.23. The molecule has 0 aromatic carbocycles. The molecule has 0 saturated heterocycles. The monoisotopic (exact) mass is 218 g/mol. The highest BCUT2D eigenvalue weighted by atomic mass is 16.3. The SMILES string of the molecule is CCC(C)[C@H](N)C(=O)NCC(C)(O)CO. The molecule has 0 rings (SSSR count). The van der Waals surface area contributed by atoms with Crippen molar-refractivity contribution in [3.8, 4) is 0 Å². The Morgan fingerprint density at radius 1 is 1.60 bits per heavy atom. The summed E-state index contributed by atoms with van der Waals surface area (Å²) >= 11 is 0. The molecule has 0 aromatic heterocycles. The molecule has 2 unspecified atom stereocenters. The first-order chi connectivity index (χ1) is 6.84. The van der Waals surface area contributed by atoms with Gasteiger partial charge in [0.1, 0.15) is 5.60 Å². The largest absolute Gasteiger partial charge is 0.393 e. The Balaban J connectivity index is 4.04. The molecule has 5 N–H and O–H groups in total. The van der Waals surface area contributed by atoms with E-state index < -0.39 is 18.2 Å². The Labute approximate surface area is 90.7 Å².